The number of thiophene rings is 2. The monoisotopic (exact) mass is 1380 g/mol. The summed E-state index contributed by atoms with van der Waals surface area (Å²) in [5.74, 6) is -2.24. The highest BCUT2D eigenvalue weighted by atomic mass is 35.5. The number of ether oxygens (including phenoxy) is 4. The Labute approximate surface area is 545 Å². The van der Waals surface area contributed by atoms with Crippen LogP contribution >= 0.6 is 58.3 Å². The maximum atomic E-state index is 13.9. The first-order valence-electron chi connectivity index (χ1n) is 28.4. The fourth-order valence-electron chi connectivity index (χ4n) is 11.3. The third-order valence-electron chi connectivity index (χ3n) is 15.5. The number of carbonyl (C=O) groups excluding carboxylic acids is 4. The lowest BCUT2D eigenvalue weighted by atomic mass is 9.87. The summed E-state index contributed by atoms with van der Waals surface area (Å²) in [6, 6.07) is 12.9. The average Bonchev–Trinajstić information content (AvgIpc) is 2.23. The molecule has 484 valence electrons. The number of hydrogen-bond acceptors (Lipinski definition) is 25. The Hall–Kier alpha value is -5.65. The lowest BCUT2D eigenvalue weighted by molar-refractivity contribution is -0.153. The molecule has 2 aromatic carbocycles. The van der Waals surface area contributed by atoms with Gasteiger partial charge in [0, 0.05) is 69.0 Å². The van der Waals surface area contributed by atoms with Crippen molar-refractivity contribution in [3.05, 3.63) is 148 Å². The molecular weight excluding hydrogens is 1310 g/mol. The molecule has 90 heavy (non-hydrogen) atoms. The first-order valence-corrected chi connectivity index (χ1v) is 33.7. The van der Waals surface area contributed by atoms with Gasteiger partial charge in [0.15, 0.2) is 0 Å². The van der Waals surface area contributed by atoms with E-state index >= 15 is 0 Å². The van der Waals surface area contributed by atoms with Gasteiger partial charge in [-0.1, -0.05) is 35.3 Å². The van der Waals surface area contributed by atoms with Crippen molar-refractivity contribution in [3.8, 4) is 0 Å². The highest BCUT2D eigenvalue weighted by Crippen LogP contribution is 2.42. The summed E-state index contributed by atoms with van der Waals surface area (Å²) >= 11 is 15.3. The smallest absolute Gasteiger partial charge is 0.374 e. The fraction of sp³-hybridized carbons (Fsp3) is 0.439. The first-order chi connectivity index (χ1) is 42.2. The number of aryl methyl sites for hydroxylation is 2. The summed E-state index contributed by atoms with van der Waals surface area (Å²) in [5.41, 5.74) is 12.2. The molecule has 2 fully saturated rings. The second-order valence-corrected chi connectivity index (χ2v) is 28.0. The van der Waals surface area contributed by atoms with E-state index < -0.39 is 75.7 Å². The van der Waals surface area contributed by atoms with Crippen LogP contribution in [0.4, 0.5) is 11.6 Å². The van der Waals surface area contributed by atoms with Crippen molar-refractivity contribution in [1.29, 1.82) is 0 Å². The standard InChI is InChI=1S/C29H35BClN5O8S2.C28H32ClN5O7S2.ClH/c1-15(36-30(3)39)29(38)44-24-10-20(8-18(24)13-43-46(32,40)41)35-28-23(12-33-14-34-28)26(37)25-11-21(16(2)45-25)27-22-9-19(31)5-4-17(22)6-7-42-27;1-14(30)28(36)41-23-9-19(7-17(23)12-40-43(31,37)38)34-27-22(11-32-13-33-27)25(35)24-10-20(15(2)42-24)26-21-8-18(29)4-3-16(21)5-6-39-26;/h4-5,9,11-12,14-15,18,20,24,27,36,39H,6-8,10,13H2,1-3H3,(H2,32,40,41)(H,33,34,35);3-4,8,10-11,13-14,17,19,23,26H,5-7,9,12,30H2,1-2H3,(H2,31,37,38)(H,32,33,34);1H/t15-,18+,20+,24-,27-;14-,17+,19+,23-,26-;/m00./s1. The zero-order valence-corrected chi connectivity index (χ0v) is 54.9. The van der Waals surface area contributed by atoms with E-state index in [4.69, 9.17) is 66.5 Å². The number of aromatic nitrogens is 4. The molecule has 10 rings (SSSR count). The lowest BCUT2D eigenvalue weighted by Crippen LogP contribution is -2.45. The van der Waals surface area contributed by atoms with Gasteiger partial charge >= 0.3 is 39.6 Å². The van der Waals surface area contributed by atoms with E-state index in [-0.39, 0.29) is 84.8 Å². The highest BCUT2D eigenvalue weighted by molar-refractivity contribution is 7.84. The number of fused-ring (bicyclic) bond motifs is 2. The lowest BCUT2D eigenvalue weighted by Gasteiger charge is -2.26. The molecule has 6 aromatic rings. The Morgan fingerprint density at radius 3 is 1.51 bits per heavy atom. The van der Waals surface area contributed by atoms with Crippen LogP contribution in [0.1, 0.15) is 125 Å². The van der Waals surface area contributed by atoms with Crippen molar-refractivity contribution in [2.75, 3.05) is 37.1 Å². The summed E-state index contributed by atoms with van der Waals surface area (Å²) < 4.78 is 79.0. The summed E-state index contributed by atoms with van der Waals surface area (Å²) in [4.78, 5) is 72.3. The number of benzene rings is 2. The van der Waals surface area contributed by atoms with Gasteiger partial charge in [-0.2, -0.15) is 16.8 Å². The topological polar surface area (TPSA) is 378 Å². The van der Waals surface area contributed by atoms with Gasteiger partial charge in [-0.05, 0) is 130 Å². The van der Waals surface area contributed by atoms with E-state index in [9.17, 15) is 41.0 Å². The van der Waals surface area contributed by atoms with Gasteiger partial charge in [0.05, 0.1) is 53.4 Å². The Bertz CT molecular complexity index is 3830. The van der Waals surface area contributed by atoms with Crippen LogP contribution in [-0.4, -0.2) is 135 Å². The molecule has 0 bridgehead atoms. The van der Waals surface area contributed by atoms with Crippen LogP contribution in [0.25, 0.3) is 0 Å². The van der Waals surface area contributed by atoms with Crippen LogP contribution < -0.4 is 31.9 Å². The van der Waals surface area contributed by atoms with Crippen molar-refractivity contribution < 1.29 is 68.4 Å². The first kappa shape index (κ1) is 70.2. The molecule has 6 heterocycles. The van der Waals surface area contributed by atoms with Crippen molar-refractivity contribution in [2.45, 2.75) is 122 Å². The van der Waals surface area contributed by atoms with Crippen LogP contribution in [0, 0.1) is 25.7 Å². The van der Waals surface area contributed by atoms with Crippen molar-refractivity contribution in [2.24, 2.45) is 27.8 Å². The van der Waals surface area contributed by atoms with Crippen LogP contribution in [0.2, 0.25) is 16.9 Å². The number of rotatable bonds is 22. The van der Waals surface area contributed by atoms with Crippen LogP contribution in [-0.2, 0) is 70.4 Å². The van der Waals surface area contributed by atoms with Crippen LogP contribution in [0.15, 0.2) is 73.6 Å². The third-order valence-corrected chi connectivity index (χ3v) is 19.0. The Balaban J connectivity index is 0.000000230. The molecular formula is C57H68BCl3N10O15S4. The summed E-state index contributed by atoms with van der Waals surface area (Å²) in [6.45, 7) is 8.93. The molecule has 0 radical (unpaired) electrons. The second kappa shape index (κ2) is 30.4. The minimum atomic E-state index is -4.24. The quantitative estimate of drug-likeness (QED) is 0.0223. The molecule has 2 aliphatic heterocycles. The highest BCUT2D eigenvalue weighted by Gasteiger charge is 2.41. The van der Waals surface area contributed by atoms with E-state index in [2.05, 4.69) is 35.8 Å². The van der Waals surface area contributed by atoms with Gasteiger partial charge < -0.3 is 45.6 Å². The van der Waals surface area contributed by atoms with Crippen molar-refractivity contribution in [1.82, 2.24) is 25.2 Å². The van der Waals surface area contributed by atoms with Gasteiger partial charge in [0.2, 0.25) is 11.6 Å². The number of carbonyl (C=O) groups is 4. The number of esters is 2. The minimum absolute atomic E-state index is 0. The predicted molar refractivity (Wildman–Crippen MR) is 340 cm³/mol. The summed E-state index contributed by atoms with van der Waals surface area (Å²) in [7, 11) is -9.37. The number of ketones is 2. The molecule has 25 nitrogen and oxygen atoms in total. The largest absolute Gasteiger partial charge is 0.461 e. The van der Waals surface area contributed by atoms with Gasteiger partial charge in [0.25, 0.3) is 0 Å². The summed E-state index contributed by atoms with van der Waals surface area (Å²) in [5, 5.41) is 30.0. The SMILES string of the molecule is CB(O)N[C@@H](C)C(=O)O[C@H]1C[C@H](Nc2ncncc2C(=O)c2cc([C@@H]3OCCc4ccc(Cl)cc43)c(C)s2)C[C@@H]1COS(N)(=O)=O.Cc1sc(C(=O)c2cncnc2N[C@@H]2C[C@H](COS(N)(=O)=O)[C@@H](OC(=O)[C@H](C)N)C2)cc1[C@@H]1OCCc2ccc(Cl)cc21.Cl. The number of halogens is 3. The average molecular weight is 1380 g/mol. The second-order valence-electron chi connectivity index (χ2n) is 22.2. The minimum Gasteiger partial charge on any atom is -0.461 e. The molecule has 2 saturated carbocycles. The van der Waals surface area contributed by atoms with E-state index in [1.54, 1.807) is 6.92 Å². The number of anilines is 2. The van der Waals surface area contributed by atoms with E-state index in [1.165, 1.54) is 61.5 Å². The maximum Gasteiger partial charge on any atom is 0.374 e. The molecule has 2 aliphatic carbocycles. The predicted octanol–water partition coefficient (Wildman–Crippen LogP) is 6.29. The molecule has 0 saturated heterocycles. The Morgan fingerprint density at radius 1 is 0.689 bits per heavy atom. The van der Waals surface area contributed by atoms with Gasteiger partial charge in [-0.15, -0.1) is 35.1 Å². The van der Waals surface area contributed by atoms with E-state index in [0.29, 0.717) is 58.1 Å². The van der Waals surface area contributed by atoms with E-state index in [1.807, 2.05) is 62.4 Å². The van der Waals surface area contributed by atoms with Crippen molar-refractivity contribution in [3.63, 3.8) is 0 Å². The molecule has 4 aromatic heterocycles. The molecule has 10 atom stereocenters. The van der Waals surface area contributed by atoms with Crippen LogP contribution in [0.3, 0.4) is 0 Å². The number of nitrogens with two attached hydrogens (primary N) is 3. The summed E-state index contributed by atoms with van der Waals surface area (Å²) in [6.07, 6.45) is 6.24. The fourth-order valence-corrected chi connectivity index (χ4v) is 14.4. The molecule has 0 spiro atoms. The molecule has 0 unspecified atom stereocenters. The van der Waals surface area contributed by atoms with E-state index in [0.717, 1.165) is 56.0 Å². The normalized spacial score (nSPS) is 21.9. The zero-order chi connectivity index (χ0) is 64.1. The molecule has 33 heteroatoms. The number of nitrogens with zero attached hydrogens (tertiary/aromatic N) is 4. The maximum absolute atomic E-state index is 13.9. The van der Waals surface area contributed by atoms with Gasteiger partial charge in [0.1, 0.15) is 54.7 Å². The Kier molecular flexibility index (Phi) is 23.7. The zero-order valence-electron chi connectivity index (χ0n) is 49.3. The number of nitrogens with one attached hydrogen (secondary N) is 3. The van der Waals surface area contributed by atoms with Crippen LogP contribution in [0.5, 0.6) is 0 Å². The van der Waals surface area contributed by atoms with Crippen molar-refractivity contribution >= 4 is 121 Å². The Morgan fingerprint density at radius 2 is 1.11 bits per heavy atom. The molecule has 4 aliphatic rings. The van der Waals surface area contributed by atoms with Gasteiger partial charge in [-0.25, -0.2) is 30.2 Å². The molecule has 10 N–H and O–H groups in total. The number of hydrogen-bond donors (Lipinski definition) is 7. The van der Waals surface area contributed by atoms with Gasteiger partial charge in [-0.3, -0.25) is 27.5 Å². The molecule has 0 amide bonds. The third kappa shape index (κ3) is 17.9.